The number of carbonyl (C=O) groups excluding carboxylic acids is 3. The van der Waals surface area contributed by atoms with Gasteiger partial charge in [0.2, 0.25) is 0 Å². The molecule has 4 N–H and O–H groups in total. The SMILES string of the molecule is NCCCC[C@H](N)C(=O)C[C@@H](Cc1ccccc1)C(=O)OCC(=O)Cc1ccc(CCCCc2ccccc2)cc1. The van der Waals surface area contributed by atoms with E-state index in [1.54, 1.807) is 0 Å². The lowest BCUT2D eigenvalue weighted by atomic mass is 9.91. The third-order valence-corrected chi connectivity index (χ3v) is 7.31. The number of hydrogen-bond acceptors (Lipinski definition) is 6. The molecule has 0 aliphatic carbocycles. The van der Waals surface area contributed by atoms with E-state index in [0.29, 0.717) is 19.4 Å². The first-order valence-electron chi connectivity index (χ1n) is 14.8. The summed E-state index contributed by atoms with van der Waals surface area (Å²) in [5.74, 6) is -1.60. The summed E-state index contributed by atoms with van der Waals surface area (Å²) in [6.45, 7) is 0.235. The fourth-order valence-corrected chi connectivity index (χ4v) is 4.88. The van der Waals surface area contributed by atoms with E-state index in [2.05, 4.69) is 36.4 Å². The van der Waals surface area contributed by atoms with Crippen molar-refractivity contribution in [1.82, 2.24) is 0 Å². The second-order valence-electron chi connectivity index (χ2n) is 10.8. The van der Waals surface area contributed by atoms with Crippen LogP contribution in [0.4, 0.5) is 0 Å². The van der Waals surface area contributed by atoms with Crippen LogP contribution in [0.2, 0.25) is 0 Å². The number of hydrogen-bond donors (Lipinski definition) is 2. The summed E-state index contributed by atoms with van der Waals surface area (Å²) in [6, 6.07) is 27.4. The molecule has 0 fully saturated rings. The van der Waals surface area contributed by atoms with E-state index in [1.807, 2.05) is 48.5 Å². The van der Waals surface area contributed by atoms with E-state index in [4.69, 9.17) is 16.2 Å². The Labute approximate surface area is 244 Å². The number of esters is 1. The van der Waals surface area contributed by atoms with Crippen molar-refractivity contribution in [3.63, 3.8) is 0 Å². The highest BCUT2D eigenvalue weighted by Crippen LogP contribution is 2.17. The van der Waals surface area contributed by atoms with Gasteiger partial charge in [0.05, 0.1) is 12.0 Å². The van der Waals surface area contributed by atoms with Gasteiger partial charge in [-0.3, -0.25) is 14.4 Å². The molecule has 0 radical (unpaired) electrons. The number of rotatable bonds is 19. The molecule has 3 rings (SSSR count). The Bertz CT molecular complexity index is 1200. The first-order chi connectivity index (χ1) is 19.9. The van der Waals surface area contributed by atoms with Crippen molar-refractivity contribution >= 4 is 17.5 Å². The van der Waals surface area contributed by atoms with Crippen LogP contribution in [0.1, 0.15) is 60.8 Å². The van der Waals surface area contributed by atoms with E-state index in [-0.39, 0.29) is 31.0 Å². The Morgan fingerprint density at radius 3 is 1.85 bits per heavy atom. The first kappa shape index (κ1) is 31.9. The van der Waals surface area contributed by atoms with Crippen molar-refractivity contribution in [3.05, 3.63) is 107 Å². The van der Waals surface area contributed by atoms with Gasteiger partial charge in [-0.05, 0) is 73.7 Å². The van der Waals surface area contributed by atoms with Gasteiger partial charge in [-0.25, -0.2) is 0 Å². The lowest BCUT2D eigenvalue weighted by Crippen LogP contribution is -2.34. The molecule has 0 aliphatic heterocycles. The molecule has 0 amide bonds. The summed E-state index contributed by atoms with van der Waals surface area (Å²) in [7, 11) is 0. The zero-order valence-corrected chi connectivity index (χ0v) is 24.0. The third-order valence-electron chi connectivity index (χ3n) is 7.31. The van der Waals surface area contributed by atoms with Crippen LogP contribution in [-0.2, 0) is 44.8 Å². The summed E-state index contributed by atoms with van der Waals surface area (Å²) in [5, 5.41) is 0. The summed E-state index contributed by atoms with van der Waals surface area (Å²) in [5.41, 5.74) is 16.0. The van der Waals surface area contributed by atoms with Gasteiger partial charge >= 0.3 is 5.97 Å². The lowest BCUT2D eigenvalue weighted by Gasteiger charge is -2.18. The fraction of sp³-hybridized carbons (Fsp3) is 0.400. The minimum Gasteiger partial charge on any atom is -0.457 e. The fourth-order valence-electron chi connectivity index (χ4n) is 4.88. The van der Waals surface area contributed by atoms with Crippen LogP contribution in [0.15, 0.2) is 84.9 Å². The molecule has 3 aromatic carbocycles. The maximum Gasteiger partial charge on any atom is 0.310 e. The monoisotopic (exact) mass is 556 g/mol. The first-order valence-corrected chi connectivity index (χ1v) is 14.8. The van der Waals surface area contributed by atoms with Crippen molar-refractivity contribution < 1.29 is 19.1 Å². The van der Waals surface area contributed by atoms with Crippen LogP contribution in [0.5, 0.6) is 0 Å². The van der Waals surface area contributed by atoms with Gasteiger partial charge in [0.25, 0.3) is 0 Å². The Kier molecular flexibility index (Phi) is 14.0. The van der Waals surface area contributed by atoms with Gasteiger partial charge in [-0.15, -0.1) is 0 Å². The summed E-state index contributed by atoms with van der Waals surface area (Å²) >= 11 is 0. The Hall–Kier alpha value is -3.61. The van der Waals surface area contributed by atoms with Crippen LogP contribution >= 0.6 is 0 Å². The highest BCUT2D eigenvalue weighted by Gasteiger charge is 2.27. The maximum absolute atomic E-state index is 13.0. The molecule has 6 nitrogen and oxygen atoms in total. The normalized spacial score (nSPS) is 12.4. The van der Waals surface area contributed by atoms with Crippen molar-refractivity contribution in [2.24, 2.45) is 17.4 Å². The number of nitrogens with two attached hydrogens (primary N) is 2. The maximum atomic E-state index is 13.0. The molecule has 3 aromatic rings. The van der Waals surface area contributed by atoms with Crippen molar-refractivity contribution in [1.29, 1.82) is 0 Å². The second-order valence-corrected chi connectivity index (χ2v) is 10.8. The largest absolute Gasteiger partial charge is 0.457 e. The van der Waals surface area contributed by atoms with Crippen LogP contribution in [0, 0.1) is 5.92 Å². The minimum atomic E-state index is -0.695. The molecule has 218 valence electrons. The third kappa shape index (κ3) is 12.2. The molecule has 0 spiro atoms. The van der Waals surface area contributed by atoms with Gasteiger partial charge < -0.3 is 16.2 Å². The van der Waals surface area contributed by atoms with Crippen LogP contribution < -0.4 is 11.5 Å². The van der Waals surface area contributed by atoms with Gasteiger partial charge in [0.15, 0.2) is 5.78 Å². The van der Waals surface area contributed by atoms with Gasteiger partial charge in [0, 0.05) is 12.8 Å². The molecule has 0 aliphatic rings. The number of Topliss-reactive ketones (excluding diaryl/α,β-unsaturated/α-hetero) is 2. The predicted molar refractivity (Wildman–Crippen MR) is 163 cm³/mol. The quantitative estimate of drug-likeness (QED) is 0.155. The average molecular weight is 557 g/mol. The summed E-state index contributed by atoms with van der Waals surface area (Å²) in [6.07, 6.45) is 6.94. The van der Waals surface area contributed by atoms with Crippen LogP contribution in [-0.4, -0.2) is 36.7 Å². The zero-order valence-electron chi connectivity index (χ0n) is 24.0. The Morgan fingerprint density at radius 1 is 0.683 bits per heavy atom. The molecule has 0 heterocycles. The topological polar surface area (TPSA) is 112 Å². The van der Waals surface area contributed by atoms with Gasteiger partial charge in [-0.1, -0.05) is 91.3 Å². The van der Waals surface area contributed by atoms with E-state index < -0.39 is 17.9 Å². The number of aryl methyl sites for hydroxylation is 2. The molecular weight excluding hydrogens is 512 g/mol. The average Bonchev–Trinajstić information content (AvgIpc) is 2.99. The molecule has 0 aromatic heterocycles. The highest BCUT2D eigenvalue weighted by molar-refractivity contribution is 5.89. The molecule has 2 atom stereocenters. The van der Waals surface area contributed by atoms with Gasteiger partial charge in [0.1, 0.15) is 12.4 Å². The van der Waals surface area contributed by atoms with Crippen molar-refractivity contribution in [3.8, 4) is 0 Å². The van der Waals surface area contributed by atoms with E-state index >= 15 is 0 Å². The van der Waals surface area contributed by atoms with E-state index in [1.165, 1.54) is 11.1 Å². The second kappa shape index (κ2) is 17.9. The Morgan fingerprint density at radius 2 is 1.24 bits per heavy atom. The summed E-state index contributed by atoms with van der Waals surface area (Å²) < 4.78 is 5.42. The van der Waals surface area contributed by atoms with E-state index in [0.717, 1.165) is 49.7 Å². The number of carbonyl (C=O) groups is 3. The Balaban J connectivity index is 1.45. The highest BCUT2D eigenvalue weighted by atomic mass is 16.5. The van der Waals surface area contributed by atoms with E-state index in [9.17, 15) is 14.4 Å². The molecule has 0 saturated carbocycles. The number of ether oxygens (including phenoxy) is 1. The molecule has 0 unspecified atom stereocenters. The molecular formula is C35H44N2O4. The van der Waals surface area contributed by atoms with Crippen LogP contribution in [0.3, 0.4) is 0 Å². The molecule has 0 bridgehead atoms. The minimum absolute atomic E-state index is 0.0154. The zero-order chi connectivity index (χ0) is 29.3. The molecule has 41 heavy (non-hydrogen) atoms. The van der Waals surface area contributed by atoms with Crippen LogP contribution in [0.25, 0.3) is 0 Å². The van der Waals surface area contributed by atoms with Gasteiger partial charge in [-0.2, -0.15) is 0 Å². The number of unbranched alkanes of at least 4 members (excludes halogenated alkanes) is 2. The lowest BCUT2D eigenvalue weighted by molar-refractivity contribution is -0.153. The number of ketones is 2. The predicted octanol–water partition coefficient (Wildman–Crippen LogP) is 5.18. The standard InChI is InChI=1S/C35H44N2O4/c36-22-10-9-17-33(37)34(39)25-31(23-29-15-5-2-6-16-29)35(40)41-26-32(38)24-30-20-18-28(19-21-30)14-8-7-13-27-11-3-1-4-12-27/h1-6,11-12,15-16,18-21,31,33H,7-10,13-14,17,22-26,36-37H2/t31-,33+/m1/s1. The number of benzene rings is 3. The molecule has 0 saturated heterocycles. The van der Waals surface area contributed by atoms with Crippen molar-refractivity contribution in [2.45, 2.75) is 70.3 Å². The summed E-state index contributed by atoms with van der Waals surface area (Å²) in [4.78, 5) is 38.4. The molecule has 6 heteroatoms. The van der Waals surface area contributed by atoms with Crippen molar-refractivity contribution in [2.75, 3.05) is 13.2 Å². The smallest absolute Gasteiger partial charge is 0.310 e.